The van der Waals surface area contributed by atoms with Gasteiger partial charge in [0.2, 0.25) is 0 Å². The number of nitriles is 2. The molecular weight excluding hydrogens is 512 g/mol. The van der Waals surface area contributed by atoms with E-state index in [-0.39, 0.29) is 0 Å². The first kappa shape index (κ1) is 28.1. The van der Waals surface area contributed by atoms with Crippen LogP contribution in [-0.4, -0.2) is 33.2 Å². The molecule has 3 N–H and O–H groups in total. The Balaban J connectivity index is 2.08. The van der Waals surface area contributed by atoms with Crippen molar-refractivity contribution in [3.05, 3.63) is 118 Å². The molecule has 3 rings (SSSR count). The molecule has 0 aliphatic heterocycles. The average Bonchev–Trinajstić information content (AvgIpc) is 2.95. The second-order valence-electron chi connectivity index (χ2n) is 8.01. The fourth-order valence-electron chi connectivity index (χ4n) is 3.52. The molecule has 0 saturated carbocycles. The highest BCUT2D eigenvalue weighted by Gasteiger charge is 2.14. The molecule has 0 atom stereocenters. The summed E-state index contributed by atoms with van der Waals surface area (Å²) in [5.41, 5.74) is 2.13. The lowest BCUT2D eigenvalue weighted by molar-refractivity contribution is -0.133. The van der Waals surface area contributed by atoms with Crippen molar-refractivity contribution in [2.45, 2.75) is 0 Å². The van der Waals surface area contributed by atoms with E-state index >= 15 is 0 Å². The van der Waals surface area contributed by atoms with Crippen LogP contribution in [0.25, 0.3) is 23.1 Å². The number of hydrogen-bond acceptors (Lipinski definition) is 6. The van der Waals surface area contributed by atoms with Gasteiger partial charge in [0.05, 0.1) is 6.57 Å². The molecule has 3 aromatic rings. The third kappa shape index (κ3) is 6.86. The minimum Gasteiger partial charge on any atom is -0.486 e. The largest absolute Gasteiger partial charge is 0.486 e. The molecule has 0 aliphatic rings. The van der Waals surface area contributed by atoms with Gasteiger partial charge >= 0.3 is 17.9 Å². The van der Waals surface area contributed by atoms with Crippen molar-refractivity contribution >= 4 is 53.2 Å². The molecule has 194 valence electrons. The third-order valence-corrected chi connectivity index (χ3v) is 5.42. The topological polar surface area (TPSA) is 167 Å². The van der Waals surface area contributed by atoms with Gasteiger partial charge in [0.1, 0.15) is 23.3 Å². The van der Waals surface area contributed by atoms with Crippen LogP contribution in [0.4, 0.5) is 17.1 Å². The van der Waals surface area contributed by atoms with Gasteiger partial charge in [0.15, 0.2) is 0 Å². The smallest absolute Gasteiger partial charge is 0.346 e. The maximum absolute atomic E-state index is 11.2. The molecule has 0 heterocycles. The lowest BCUT2D eigenvalue weighted by Gasteiger charge is -2.26. The van der Waals surface area contributed by atoms with E-state index in [2.05, 4.69) is 4.85 Å². The summed E-state index contributed by atoms with van der Waals surface area (Å²) in [7, 11) is 0. The summed E-state index contributed by atoms with van der Waals surface area (Å²) >= 11 is 0. The minimum absolute atomic E-state index is 0.421. The first-order valence-corrected chi connectivity index (χ1v) is 11.3. The summed E-state index contributed by atoms with van der Waals surface area (Å²) in [5, 5.41) is 45.4. The van der Waals surface area contributed by atoms with Gasteiger partial charge < -0.3 is 20.2 Å². The zero-order chi connectivity index (χ0) is 29.2. The highest BCUT2D eigenvalue weighted by atomic mass is 16.4. The molecule has 0 saturated heterocycles. The number of nitrogens with zero attached hydrogens (tertiary/aromatic N) is 4. The van der Waals surface area contributed by atoms with Gasteiger partial charge in [0, 0.05) is 17.1 Å². The number of carboxylic acids is 3. The molecule has 0 fully saturated rings. The summed E-state index contributed by atoms with van der Waals surface area (Å²) in [4.78, 5) is 38.4. The van der Waals surface area contributed by atoms with Gasteiger partial charge in [-0.1, -0.05) is 36.4 Å². The molecule has 0 aliphatic carbocycles. The number of aliphatic carboxylic acids is 3. The molecular formula is C30H18N4O6. The number of carbonyl (C=O) groups is 3. The van der Waals surface area contributed by atoms with E-state index in [4.69, 9.17) is 32.4 Å². The van der Waals surface area contributed by atoms with E-state index in [1.807, 2.05) is 4.90 Å². The summed E-state index contributed by atoms with van der Waals surface area (Å²) in [6.45, 7) is 7.02. The molecule has 0 bridgehead atoms. The minimum atomic E-state index is -1.34. The summed E-state index contributed by atoms with van der Waals surface area (Å²) in [5.74, 6) is -4.03. The van der Waals surface area contributed by atoms with Crippen LogP contribution in [0.2, 0.25) is 0 Å². The Morgan fingerprint density at radius 3 is 1.20 bits per heavy atom. The highest BCUT2D eigenvalue weighted by Crippen LogP contribution is 2.35. The van der Waals surface area contributed by atoms with Crippen LogP contribution < -0.4 is 4.90 Å². The standard InChI is InChI=1S/C30H18N4O6/c1-33-27(30(39)40)16-21-6-12-26(13-7-21)34(24-8-2-19(3-9-24)14-22(17-31)28(35)36)25-10-4-20(5-11-25)15-23(18-32)29(37)38/h2-16H,(H,35,36)(H,37,38)(H,39,40). The Morgan fingerprint density at radius 2 is 0.950 bits per heavy atom. The SMILES string of the molecule is [C-]#[N+]C(=Cc1ccc(N(c2ccc(C=C(C#N)C(=O)O)cc2)c2ccc(C=C(C#N)C(=O)O)cc2)cc1)C(=O)O. The summed E-state index contributed by atoms with van der Waals surface area (Å²) in [6, 6.07) is 23.4. The molecule has 3 aromatic carbocycles. The van der Waals surface area contributed by atoms with Gasteiger partial charge in [-0.15, -0.1) is 0 Å². The number of rotatable bonds is 9. The number of hydrogen-bond donors (Lipinski definition) is 3. The van der Waals surface area contributed by atoms with E-state index in [9.17, 15) is 14.4 Å². The zero-order valence-corrected chi connectivity index (χ0v) is 20.5. The van der Waals surface area contributed by atoms with Crippen molar-refractivity contribution in [2.75, 3.05) is 4.90 Å². The Labute approximate surface area is 228 Å². The molecule has 0 spiro atoms. The number of carboxylic acid groups (broad SMARTS) is 3. The molecule has 40 heavy (non-hydrogen) atoms. The van der Waals surface area contributed by atoms with E-state index in [0.29, 0.717) is 33.8 Å². The quantitative estimate of drug-likeness (QED) is 0.184. The third-order valence-electron chi connectivity index (χ3n) is 5.42. The van der Waals surface area contributed by atoms with Crippen LogP contribution >= 0.6 is 0 Å². The van der Waals surface area contributed by atoms with Crippen molar-refractivity contribution in [3.63, 3.8) is 0 Å². The van der Waals surface area contributed by atoms with Crippen molar-refractivity contribution < 1.29 is 29.7 Å². The Kier molecular flexibility index (Phi) is 8.92. The van der Waals surface area contributed by atoms with Gasteiger partial charge in [-0.25, -0.2) is 14.4 Å². The van der Waals surface area contributed by atoms with Crippen LogP contribution in [0.1, 0.15) is 16.7 Å². The van der Waals surface area contributed by atoms with Crippen LogP contribution in [0, 0.1) is 29.2 Å². The summed E-state index contributed by atoms with van der Waals surface area (Å²) < 4.78 is 0. The van der Waals surface area contributed by atoms with E-state index < -0.39 is 34.8 Å². The van der Waals surface area contributed by atoms with Crippen LogP contribution in [0.3, 0.4) is 0 Å². The maximum Gasteiger partial charge on any atom is 0.346 e. The summed E-state index contributed by atoms with van der Waals surface area (Å²) in [6.07, 6.45) is 3.73. The number of benzene rings is 3. The molecule has 10 nitrogen and oxygen atoms in total. The lowest BCUT2D eigenvalue weighted by Crippen LogP contribution is -2.10. The van der Waals surface area contributed by atoms with Crippen LogP contribution in [-0.2, 0) is 14.4 Å². The van der Waals surface area contributed by atoms with E-state index in [1.54, 1.807) is 84.9 Å². The Hall–Kier alpha value is -6.44. The van der Waals surface area contributed by atoms with Crippen molar-refractivity contribution in [3.8, 4) is 12.1 Å². The first-order chi connectivity index (χ1) is 19.2. The predicted molar refractivity (Wildman–Crippen MR) is 146 cm³/mol. The van der Waals surface area contributed by atoms with Crippen LogP contribution in [0.15, 0.2) is 89.6 Å². The molecule has 0 unspecified atom stereocenters. The molecule has 0 aromatic heterocycles. The molecule has 10 heteroatoms. The van der Waals surface area contributed by atoms with Crippen molar-refractivity contribution in [1.82, 2.24) is 0 Å². The normalized spacial score (nSPS) is 11.5. The van der Waals surface area contributed by atoms with E-state index in [1.165, 1.54) is 18.2 Å². The Morgan fingerprint density at radius 1 is 0.625 bits per heavy atom. The second kappa shape index (κ2) is 12.7. The molecule has 0 amide bonds. The van der Waals surface area contributed by atoms with Gasteiger partial charge in [-0.3, -0.25) is 4.79 Å². The van der Waals surface area contributed by atoms with Gasteiger partial charge in [0.25, 0.3) is 5.70 Å². The second-order valence-corrected chi connectivity index (χ2v) is 8.01. The molecule has 0 radical (unpaired) electrons. The number of anilines is 3. The predicted octanol–water partition coefficient (Wildman–Crippen LogP) is 5.48. The Bertz CT molecular complexity index is 1480. The van der Waals surface area contributed by atoms with Crippen molar-refractivity contribution in [1.29, 1.82) is 10.5 Å². The fourth-order valence-corrected chi connectivity index (χ4v) is 3.52. The van der Waals surface area contributed by atoms with Gasteiger partial charge in [-0.05, 0) is 71.3 Å². The van der Waals surface area contributed by atoms with E-state index in [0.717, 1.165) is 0 Å². The van der Waals surface area contributed by atoms with Gasteiger partial charge in [-0.2, -0.15) is 10.5 Å². The zero-order valence-electron chi connectivity index (χ0n) is 20.5. The van der Waals surface area contributed by atoms with Crippen LogP contribution in [0.5, 0.6) is 0 Å². The van der Waals surface area contributed by atoms with Crippen molar-refractivity contribution in [2.24, 2.45) is 0 Å². The lowest BCUT2D eigenvalue weighted by atomic mass is 10.1. The average molecular weight is 530 g/mol. The first-order valence-electron chi connectivity index (χ1n) is 11.3. The maximum atomic E-state index is 11.2. The fraction of sp³-hybridized carbons (Fsp3) is 0. The monoisotopic (exact) mass is 530 g/mol. The highest BCUT2D eigenvalue weighted by molar-refractivity contribution is 5.97.